The van der Waals surface area contributed by atoms with Gasteiger partial charge in [0, 0.05) is 31.8 Å². The van der Waals surface area contributed by atoms with Gasteiger partial charge >= 0.3 is 0 Å². The highest BCUT2D eigenvalue weighted by Crippen LogP contribution is 2.39. The summed E-state index contributed by atoms with van der Waals surface area (Å²) in [6, 6.07) is 2.13. The SMILES string of the molecule is Cc1ncc(-c2cnc(-c3nc4sc(N(C)C5CCNCC5)nc4s3)c(O)c2)o1.Cl. The smallest absolute Gasteiger partial charge is 0.191 e. The number of oxazole rings is 1. The van der Waals surface area contributed by atoms with Crippen molar-refractivity contribution >= 4 is 49.9 Å². The van der Waals surface area contributed by atoms with Gasteiger partial charge in [0.15, 0.2) is 26.4 Å². The number of thiazole rings is 2. The quantitative estimate of drug-likeness (QED) is 0.465. The summed E-state index contributed by atoms with van der Waals surface area (Å²) in [5, 5.41) is 15.5. The molecule has 8 nitrogen and oxygen atoms in total. The van der Waals surface area contributed by atoms with Crippen molar-refractivity contribution in [2.45, 2.75) is 25.8 Å². The maximum Gasteiger partial charge on any atom is 0.191 e. The van der Waals surface area contributed by atoms with Gasteiger partial charge in [-0.3, -0.25) is 0 Å². The summed E-state index contributed by atoms with van der Waals surface area (Å²) in [7, 11) is 2.11. The average molecular weight is 465 g/mol. The summed E-state index contributed by atoms with van der Waals surface area (Å²) < 4.78 is 5.50. The molecular weight excluding hydrogens is 444 g/mol. The molecule has 11 heteroatoms. The highest BCUT2D eigenvalue weighted by atomic mass is 35.5. The summed E-state index contributed by atoms with van der Waals surface area (Å²) >= 11 is 3.03. The number of hydrogen-bond donors (Lipinski definition) is 2. The zero-order valence-corrected chi connectivity index (χ0v) is 18.9. The molecule has 0 atom stereocenters. The predicted molar refractivity (Wildman–Crippen MR) is 122 cm³/mol. The molecule has 0 amide bonds. The monoisotopic (exact) mass is 464 g/mol. The van der Waals surface area contributed by atoms with E-state index in [9.17, 15) is 5.11 Å². The Hall–Kier alpha value is -2.27. The second-order valence-electron chi connectivity index (χ2n) is 7.05. The highest BCUT2D eigenvalue weighted by molar-refractivity contribution is 7.29. The van der Waals surface area contributed by atoms with E-state index in [1.54, 1.807) is 36.7 Å². The largest absolute Gasteiger partial charge is 0.506 e. The van der Waals surface area contributed by atoms with Gasteiger partial charge in [0.25, 0.3) is 0 Å². The third-order valence-corrected chi connectivity index (χ3v) is 7.22. The molecule has 0 unspecified atom stereocenters. The van der Waals surface area contributed by atoms with Gasteiger partial charge in [-0.2, -0.15) is 0 Å². The Labute approximate surface area is 187 Å². The Bertz CT molecular complexity index is 1140. The first-order chi connectivity index (χ1) is 14.1. The fourth-order valence-electron chi connectivity index (χ4n) is 3.48. The molecule has 1 aliphatic heterocycles. The molecular formula is C19H21ClN6O2S2. The van der Waals surface area contributed by atoms with Gasteiger partial charge in [0.1, 0.15) is 16.5 Å². The lowest BCUT2D eigenvalue weighted by Crippen LogP contribution is -2.41. The molecule has 2 N–H and O–H groups in total. The van der Waals surface area contributed by atoms with E-state index in [4.69, 9.17) is 9.40 Å². The highest BCUT2D eigenvalue weighted by Gasteiger charge is 2.23. The predicted octanol–water partition coefficient (Wildman–Crippen LogP) is 4.09. The Balaban J connectivity index is 0.00000218. The van der Waals surface area contributed by atoms with E-state index < -0.39 is 0 Å². The van der Waals surface area contributed by atoms with Crippen LogP contribution in [-0.2, 0) is 0 Å². The average Bonchev–Trinajstić information content (AvgIpc) is 3.42. The number of anilines is 1. The first kappa shape index (κ1) is 21.0. The maximum absolute atomic E-state index is 10.5. The summed E-state index contributed by atoms with van der Waals surface area (Å²) in [6.45, 7) is 3.87. The number of piperidine rings is 1. The third-order valence-electron chi connectivity index (χ3n) is 5.10. The normalized spacial score (nSPS) is 14.7. The summed E-state index contributed by atoms with van der Waals surface area (Å²) in [6.07, 6.45) is 5.53. The number of hydrogen-bond acceptors (Lipinski definition) is 10. The molecule has 1 saturated heterocycles. The zero-order chi connectivity index (χ0) is 20.0. The molecule has 0 spiro atoms. The minimum absolute atomic E-state index is 0. The second-order valence-corrected chi connectivity index (χ2v) is 8.99. The minimum atomic E-state index is 0. The lowest BCUT2D eigenvalue weighted by atomic mass is 10.1. The van der Waals surface area contributed by atoms with E-state index >= 15 is 0 Å². The molecule has 0 bridgehead atoms. The summed E-state index contributed by atoms with van der Waals surface area (Å²) in [5.74, 6) is 1.20. The number of aryl methyl sites for hydroxylation is 1. The molecule has 5 heterocycles. The number of nitrogens with one attached hydrogen (secondary N) is 1. The van der Waals surface area contributed by atoms with Crippen LogP contribution in [-0.4, -0.2) is 51.2 Å². The van der Waals surface area contributed by atoms with Crippen molar-refractivity contribution in [3.05, 3.63) is 24.4 Å². The first-order valence-electron chi connectivity index (χ1n) is 9.41. The molecule has 1 aliphatic rings. The summed E-state index contributed by atoms with van der Waals surface area (Å²) in [4.78, 5) is 22.0. The van der Waals surface area contributed by atoms with Crippen LogP contribution in [0.1, 0.15) is 18.7 Å². The fourth-order valence-corrected chi connectivity index (χ4v) is 5.56. The Morgan fingerprint density at radius 2 is 1.90 bits per heavy atom. The van der Waals surface area contributed by atoms with Gasteiger partial charge in [0.05, 0.1) is 6.20 Å². The van der Waals surface area contributed by atoms with Crippen molar-refractivity contribution in [3.63, 3.8) is 0 Å². The molecule has 30 heavy (non-hydrogen) atoms. The lowest BCUT2D eigenvalue weighted by molar-refractivity contribution is 0.443. The van der Waals surface area contributed by atoms with Gasteiger partial charge in [-0.15, -0.1) is 12.4 Å². The molecule has 158 valence electrons. The van der Waals surface area contributed by atoms with Crippen molar-refractivity contribution in [2.24, 2.45) is 0 Å². The van der Waals surface area contributed by atoms with Crippen LogP contribution in [0.3, 0.4) is 0 Å². The van der Waals surface area contributed by atoms with E-state index in [-0.39, 0.29) is 18.2 Å². The van der Waals surface area contributed by atoms with E-state index in [1.165, 1.54) is 11.3 Å². The van der Waals surface area contributed by atoms with Gasteiger partial charge in [-0.05, 0) is 32.0 Å². The van der Waals surface area contributed by atoms with Crippen LogP contribution in [0, 0.1) is 6.92 Å². The first-order valence-corrected chi connectivity index (χ1v) is 11.0. The molecule has 4 aromatic rings. The molecule has 0 aliphatic carbocycles. The van der Waals surface area contributed by atoms with Gasteiger partial charge in [-0.1, -0.05) is 22.7 Å². The van der Waals surface area contributed by atoms with Crippen LogP contribution in [0.15, 0.2) is 22.9 Å². The van der Waals surface area contributed by atoms with Crippen LogP contribution in [0.5, 0.6) is 5.75 Å². The van der Waals surface area contributed by atoms with E-state index in [0.717, 1.165) is 40.7 Å². The van der Waals surface area contributed by atoms with Crippen molar-refractivity contribution in [1.82, 2.24) is 25.3 Å². The molecule has 0 radical (unpaired) electrons. The van der Waals surface area contributed by atoms with Crippen LogP contribution in [0.25, 0.3) is 31.7 Å². The van der Waals surface area contributed by atoms with Gasteiger partial charge in [-0.25, -0.2) is 19.9 Å². The number of halogens is 1. The molecule has 0 aromatic carbocycles. The second kappa shape index (κ2) is 8.46. The fraction of sp³-hybridized carbons (Fsp3) is 0.368. The summed E-state index contributed by atoms with van der Waals surface area (Å²) in [5.41, 5.74) is 1.13. The minimum Gasteiger partial charge on any atom is -0.506 e. The van der Waals surface area contributed by atoms with Crippen LogP contribution < -0.4 is 10.2 Å². The van der Waals surface area contributed by atoms with E-state index in [1.807, 2.05) is 0 Å². The molecule has 1 fully saturated rings. The lowest BCUT2D eigenvalue weighted by Gasteiger charge is -2.31. The molecule has 5 rings (SSSR count). The van der Waals surface area contributed by atoms with Gasteiger partial charge in [0.2, 0.25) is 0 Å². The Morgan fingerprint density at radius 3 is 2.57 bits per heavy atom. The standard InChI is InChI=1S/C19H20N6O2S2.ClH/c1-10-21-9-14(27-10)11-7-13(26)15(22-8-11)16-23-17-18(28-16)24-19(29-17)25(2)12-3-5-20-6-4-12;/h7-9,12,20,26H,3-6H2,1-2H3;1H. The number of rotatable bonds is 4. The van der Waals surface area contributed by atoms with Crippen molar-refractivity contribution in [3.8, 4) is 27.8 Å². The third kappa shape index (κ3) is 3.87. The number of aromatic hydroxyl groups is 1. The number of fused-ring (bicyclic) bond motifs is 1. The number of aromatic nitrogens is 4. The Kier molecular flexibility index (Phi) is 5.92. The topological polar surface area (TPSA) is 100 Å². The van der Waals surface area contributed by atoms with Crippen LogP contribution in [0.4, 0.5) is 5.13 Å². The van der Waals surface area contributed by atoms with Crippen molar-refractivity contribution in [2.75, 3.05) is 25.0 Å². The maximum atomic E-state index is 10.5. The number of pyridine rings is 1. The van der Waals surface area contributed by atoms with Crippen molar-refractivity contribution in [1.29, 1.82) is 0 Å². The van der Waals surface area contributed by atoms with Crippen molar-refractivity contribution < 1.29 is 9.52 Å². The van der Waals surface area contributed by atoms with E-state index in [2.05, 4.69) is 32.2 Å². The van der Waals surface area contributed by atoms with E-state index in [0.29, 0.717) is 34.0 Å². The number of nitrogens with zero attached hydrogens (tertiary/aromatic N) is 5. The molecule has 4 aromatic heterocycles. The van der Waals surface area contributed by atoms with Crippen LogP contribution in [0.2, 0.25) is 0 Å². The Morgan fingerprint density at radius 1 is 1.13 bits per heavy atom. The molecule has 0 saturated carbocycles. The van der Waals surface area contributed by atoms with Crippen LogP contribution >= 0.6 is 35.1 Å². The van der Waals surface area contributed by atoms with Gasteiger partial charge < -0.3 is 19.7 Å². The zero-order valence-electron chi connectivity index (χ0n) is 16.5.